The van der Waals surface area contributed by atoms with Gasteiger partial charge in [0, 0.05) is 12.7 Å². The number of anilines is 1. The molecular weight excluding hydrogens is 204 g/mol. The Balaban J connectivity index is 2.91. The third-order valence-electron chi connectivity index (χ3n) is 2.54. The molecule has 1 aromatic carbocycles. The highest BCUT2D eigenvalue weighted by Gasteiger charge is 2.20. The fraction of sp³-hybridized carbons (Fsp3) is 0.333. The summed E-state index contributed by atoms with van der Waals surface area (Å²) < 4.78 is 0. The molecule has 4 nitrogen and oxygen atoms in total. The van der Waals surface area contributed by atoms with Crippen LogP contribution in [0.25, 0.3) is 0 Å². The first-order valence-corrected chi connectivity index (χ1v) is 5.06. The van der Waals surface area contributed by atoms with Crippen molar-refractivity contribution in [1.29, 1.82) is 5.26 Å². The van der Waals surface area contributed by atoms with Crippen molar-refractivity contribution in [1.82, 2.24) is 0 Å². The molecule has 0 fully saturated rings. The molecule has 4 heteroatoms. The van der Waals surface area contributed by atoms with E-state index in [9.17, 15) is 4.79 Å². The van der Waals surface area contributed by atoms with Gasteiger partial charge >= 0.3 is 5.97 Å². The van der Waals surface area contributed by atoms with Crippen LogP contribution < -0.4 is 4.90 Å². The molecule has 0 amide bonds. The highest BCUT2D eigenvalue weighted by Crippen LogP contribution is 2.17. The second kappa shape index (κ2) is 5.17. The zero-order valence-electron chi connectivity index (χ0n) is 9.34. The molecule has 1 atom stereocenters. The first-order chi connectivity index (χ1) is 7.60. The predicted molar refractivity (Wildman–Crippen MR) is 61.3 cm³/mol. The van der Waals surface area contributed by atoms with Gasteiger partial charge in [0.25, 0.3) is 0 Å². The molecule has 1 rings (SSSR count). The number of hydrogen-bond donors (Lipinski definition) is 1. The number of nitriles is 1. The monoisotopic (exact) mass is 218 g/mol. The third-order valence-corrected chi connectivity index (χ3v) is 2.54. The van der Waals surface area contributed by atoms with Crippen LogP contribution in [0.2, 0.25) is 0 Å². The second-order valence-corrected chi connectivity index (χ2v) is 3.53. The molecule has 1 aromatic rings. The molecule has 84 valence electrons. The van der Waals surface area contributed by atoms with Gasteiger partial charge in [0.1, 0.15) is 6.04 Å². The van der Waals surface area contributed by atoms with Crippen LogP contribution in [0.1, 0.15) is 18.9 Å². The summed E-state index contributed by atoms with van der Waals surface area (Å²) in [5, 5.41) is 17.7. The molecule has 0 bridgehead atoms. The van der Waals surface area contributed by atoms with Crippen LogP contribution in [0.5, 0.6) is 0 Å². The molecule has 0 radical (unpaired) electrons. The SMILES string of the molecule is CCC(C(=O)O)N(C)c1ccc(C#N)cc1. The number of rotatable bonds is 4. The third kappa shape index (κ3) is 2.51. The smallest absolute Gasteiger partial charge is 0.326 e. The molecule has 1 unspecified atom stereocenters. The topological polar surface area (TPSA) is 64.3 Å². The molecule has 0 aliphatic rings. The minimum atomic E-state index is -0.839. The summed E-state index contributed by atoms with van der Waals surface area (Å²) in [4.78, 5) is 12.7. The summed E-state index contributed by atoms with van der Waals surface area (Å²) in [7, 11) is 1.74. The lowest BCUT2D eigenvalue weighted by molar-refractivity contribution is -0.138. The van der Waals surface area contributed by atoms with E-state index in [0.29, 0.717) is 12.0 Å². The number of hydrogen-bond acceptors (Lipinski definition) is 3. The quantitative estimate of drug-likeness (QED) is 0.837. The number of nitrogens with zero attached hydrogens (tertiary/aromatic N) is 2. The van der Waals surface area contributed by atoms with Crippen molar-refractivity contribution in [3.8, 4) is 6.07 Å². The summed E-state index contributed by atoms with van der Waals surface area (Å²) >= 11 is 0. The van der Waals surface area contributed by atoms with Crippen molar-refractivity contribution in [2.24, 2.45) is 0 Å². The molecule has 0 saturated heterocycles. The van der Waals surface area contributed by atoms with Gasteiger partial charge < -0.3 is 10.0 Å². The molecular formula is C12H14N2O2. The van der Waals surface area contributed by atoms with E-state index < -0.39 is 12.0 Å². The van der Waals surface area contributed by atoms with Gasteiger partial charge in [-0.1, -0.05) is 6.92 Å². The predicted octanol–water partition coefficient (Wildman–Crippen LogP) is 1.86. The van der Waals surface area contributed by atoms with Gasteiger partial charge in [-0.15, -0.1) is 0 Å². The van der Waals surface area contributed by atoms with Crippen LogP contribution in [0.4, 0.5) is 5.69 Å². The Morgan fingerprint density at radius 3 is 2.44 bits per heavy atom. The van der Waals surface area contributed by atoms with Gasteiger partial charge in [-0.25, -0.2) is 4.79 Å². The van der Waals surface area contributed by atoms with Gasteiger partial charge in [-0.05, 0) is 30.7 Å². The Hall–Kier alpha value is -2.02. The number of carboxylic acids is 1. The molecule has 0 saturated carbocycles. The van der Waals surface area contributed by atoms with Gasteiger partial charge in [0.2, 0.25) is 0 Å². The lowest BCUT2D eigenvalue weighted by Crippen LogP contribution is -2.37. The lowest BCUT2D eigenvalue weighted by Gasteiger charge is -2.25. The van der Waals surface area contributed by atoms with Crippen molar-refractivity contribution >= 4 is 11.7 Å². The van der Waals surface area contributed by atoms with Crippen molar-refractivity contribution in [3.63, 3.8) is 0 Å². The molecule has 0 aromatic heterocycles. The molecule has 16 heavy (non-hydrogen) atoms. The first-order valence-electron chi connectivity index (χ1n) is 5.06. The largest absolute Gasteiger partial charge is 0.480 e. The molecule has 0 aliphatic heterocycles. The van der Waals surface area contributed by atoms with Crippen LogP contribution >= 0.6 is 0 Å². The highest BCUT2D eigenvalue weighted by atomic mass is 16.4. The van der Waals surface area contributed by atoms with Crippen molar-refractivity contribution < 1.29 is 9.90 Å². The maximum atomic E-state index is 11.0. The van der Waals surface area contributed by atoms with E-state index in [-0.39, 0.29) is 0 Å². The number of aliphatic carboxylic acids is 1. The Labute approximate surface area is 94.7 Å². The molecule has 0 aliphatic carbocycles. The van der Waals surface area contributed by atoms with Crippen LogP contribution in [0, 0.1) is 11.3 Å². The summed E-state index contributed by atoms with van der Waals surface area (Å²) in [5.74, 6) is -0.839. The average molecular weight is 218 g/mol. The van der Waals surface area contributed by atoms with Crippen molar-refractivity contribution in [3.05, 3.63) is 29.8 Å². The van der Waals surface area contributed by atoms with Gasteiger partial charge in [-0.2, -0.15) is 5.26 Å². The lowest BCUT2D eigenvalue weighted by atomic mass is 10.1. The average Bonchev–Trinajstić information content (AvgIpc) is 2.29. The summed E-state index contributed by atoms with van der Waals surface area (Å²) in [6.45, 7) is 1.83. The fourth-order valence-corrected chi connectivity index (χ4v) is 1.57. The number of carbonyl (C=O) groups is 1. The van der Waals surface area contributed by atoms with Crippen LogP contribution in [-0.4, -0.2) is 24.2 Å². The molecule has 0 heterocycles. The van der Waals surface area contributed by atoms with Crippen LogP contribution in [0.15, 0.2) is 24.3 Å². The Morgan fingerprint density at radius 2 is 2.06 bits per heavy atom. The summed E-state index contributed by atoms with van der Waals surface area (Å²) in [5.41, 5.74) is 1.37. The minimum absolute atomic E-state index is 0.534. The van der Waals surface area contributed by atoms with E-state index in [1.54, 1.807) is 36.2 Å². The van der Waals surface area contributed by atoms with Crippen LogP contribution in [-0.2, 0) is 4.79 Å². The van der Waals surface area contributed by atoms with Gasteiger partial charge in [0.15, 0.2) is 0 Å². The highest BCUT2D eigenvalue weighted by molar-refractivity contribution is 5.78. The van der Waals surface area contributed by atoms with E-state index in [1.165, 1.54) is 0 Å². The Bertz CT molecular complexity index is 406. The van der Waals surface area contributed by atoms with Crippen molar-refractivity contribution in [2.75, 3.05) is 11.9 Å². The number of carboxylic acid groups (broad SMARTS) is 1. The maximum Gasteiger partial charge on any atom is 0.326 e. The molecule has 0 spiro atoms. The van der Waals surface area contributed by atoms with Crippen LogP contribution in [0.3, 0.4) is 0 Å². The second-order valence-electron chi connectivity index (χ2n) is 3.53. The van der Waals surface area contributed by atoms with Gasteiger partial charge in [0.05, 0.1) is 11.6 Å². The Kier molecular flexibility index (Phi) is 3.90. The maximum absolute atomic E-state index is 11.0. The summed E-state index contributed by atoms with van der Waals surface area (Å²) in [6.07, 6.45) is 0.534. The first kappa shape index (κ1) is 12.1. The van der Waals surface area contributed by atoms with Gasteiger partial charge in [-0.3, -0.25) is 0 Å². The molecule has 1 N–H and O–H groups in total. The van der Waals surface area contributed by atoms with E-state index in [0.717, 1.165) is 5.69 Å². The van der Waals surface area contributed by atoms with Crippen molar-refractivity contribution in [2.45, 2.75) is 19.4 Å². The summed E-state index contributed by atoms with van der Waals surface area (Å²) in [6, 6.07) is 8.36. The van der Waals surface area contributed by atoms with E-state index in [4.69, 9.17) is 10.4 Å². The van der Waals surface area contributed by atoms with E-state index in [2.05, 4.69) is 0 Å². The van der Waals surface area contributed by atoms with E-state index in [1.807, 2.05) is 13.0 Å². The van der Waals surface area contributed by atoms with E-state index >= 15 is 0 Å². The minimum Gasteiger partial charge on any atom is -0.480 e. The fourth-order valence-electron chi connectivity index (χ4n) is 1.57. The Morgan fingerprint density at radius 1 is 1.50 bits per heavy atom. The number of benzene rings is 1. The normalized spacial score (nSPS) is 11.6. The zero-order valence-corrected chi connectivity index (χ0v) is 9.34. The number of likely N-dealkylation sites (N-methyl/N-ethyl adjacent to an activating group) is 1. The zero-order chi connectivity index (χ0) is 12.1. The standard InChI is InChI=1S/C12H14N2O2/c1-3-11(12(15)16)14(2)10-6-4-9(8-13)5-7-10/h4-7,11H,3H2,1-2H3,(H,15,16).